The third-order valence-electron chi connectivity index (χ3n) is 2.40. The van der Waals surface area contributed by atoms with Crippen molar-refractivity contribution in [1.82, 2.24) is 5.32 Å². The second kappa shape index (κ2) is 3.14. The van der Waals surface area contributed by atoms with Gasteiger partial charge in [0.1, 0.15) is 0 Å². The van der Waals surface area contributed by atoms with Crippen LogP contribution in [-0.2, 0) is 4.79 Å². The Hall–Kier alpha value is -1.83. The van der Waals surface area contributed by atoms with E-state index in [1.165, 1.54) is 0 Å². The van der Waals surface area contributed by atoms with Gasteiger partial charge in [-0.05, 0) is 18.1 Å². The smallest absolute Gasteiger partial charge is 0.255 e. The summed E-state index contributed by atoms with van der Waals surface area (Å²) in [5.41, 5.74) is 3.39. The van der Waals surface area contributed by atoms with Crippen LogP contribution in [0, 0.1) is 0 Å². The Labute approximate surface area is 82.9 Å². The molecule has 1 amide bonds. The summed E-state index contributed by atoms with van der Waals surface area (Å²) in [6.07, 6.45) is 0. The predicted molar refractivity (Wildman–Crippen MR) is 56.3 cm³/mol. The van der Waals surface area contributed by atoms with E-state index >= 15 is 0 Å². The summed E-state index contributed by atoms with van der Waals surface area (Å²) < 4.78 is 0. The molecule has 0 aromatic heterocycles. The molecule has 0 saturated heterocycles. The van der Waals surface area contributed by atoms with E-state index in [1.54, 1.807) is 0 Å². The number of carbonyl (C=O) groups excluding carboxylic acids is 1. The van der Waals surface area contributed by atoms with Crippen LogP contribution in [0.2, 0.25) is 0 Å². The molecule has 0 aliphatic carbocycles. The summed E-state index contributed by atoms with van der Waals surface area (Å²) in [6, 6.07) is 9.78. The van der Waals surface area contributed by atoms with E-state index in [0.29, 0.717) is 5.57 Å². The Morgan fingerprint density at radius 2 is 1.86 bits per heavy atom. The van der Waals surface area contributed by atoms with Crippen molar-refractivity contribution in [3.8, 4) is 0 Å². The first kappa shape index (κ1) is 8.75. The zero-order chi connectivity index (χ0) is 10.1. The van der Waals surface area contributed by atoms with Crippen LogP contribution < -0.4 is 5.32 Å². The van der Waals surface area contributed by atoms with Gasteiger partial charge in [0, 0.05) is 5.57 Å². The van der Waals surface area contributed by atoms with Crippen molar-refractivity contribution in [2.24, 2.45) is 0 Å². The van der Waals surface area contributed by atoms with E-state index < -0.39 is 0 Å². The molecular weight excluding hydrogens is 174 g/mol. The molecule has 1 heterocycles. The van der Waals surface area contributed by atoms with Crippen molar-refractivity contribution < 1.29 is 4.79 Å². The number of hydrogen-bond acceptors (Lipinski definition) is 1. The summed E-state index contributed by atoms with van der Waals surface area (Å²) in [5.74, 6) is -0.0960. The molecule has 0 atom stereocenters. The van der Waals surface area contributed by atoms with Crippen LogP contribution in [0.1, 0.15) is 12.5 Å². The van der Waals surface area contributed by atoms with Gasteiger partial charge < -0.3 is 5.32 Å². The second-order valence-corrected chi connectivity index (χ2v) is 3.30. The van der Waals surface area contributed by atoms with E-state index in [9.17, 15) is 4.79 Å². The quantitative estimate of drug-likeness (QED) is 0.667. The lowest BCUT2D eigenvalue weighted by molar-refractivity contribution is -0.115. The fourth-order valence-corrected chi connectivity index (χ4v) is 1.50. The number of nitrogens with one attached hydrogen (secondary N) is 1. The van der Waals surface area contributed by atoms with Crippen LogP contribution in [0.4, 0.5) is 0 Å². The first-order valence-electron chi connectivity index (χ1n) is 4.47. The van der Waals surface area contributed by atoms with Crippen molar-refractivity contribution >= 4 is 11.6 Å². The molecule has 1 N–H and O–H groups in total. The average Bonchev–Trinajstić information content (AvgIpc) is 2.47. The van der Waals surface area contributed by atoms with E-state index in [4.69, 9.17) is 0 Å². The molecule has 0 saturated carbocycles. The molecule has 0 unspecified atom stereocenters. The highest BCUT2D eigenvalue weighted by Gasteiger charge is 2.22. The Balaban J connectivity index is 2.47. The Kier molecular flexibility index (Phi) is 1.97. The lowest BCUT2D eigenvalue weighted by atomic mass is 10.1. The first-order chi connectivity index (χ1) is 6.70. The average molecular weight is 185 g/mol. The van der Waals surface area contributed by atoms with Crippen LogP contribution in [0.5, 0.6) is 0 Å². The molecule has 1 aliphatic heterocycles. The molecule has 70 valence electrons. The van der Waals surface area contributed by atoms with Gasteiger partial charge in [0.2, 0.25) is 0 Å². The highest BCUT2D eigenvalue weighted by molar-refractivity contribution is 6.09. The SMILES string of the molecule is C=C1C(=O)NC(c2ccccc2)=C1C. The molecule has 2 heteroatoms. The van der Waals surface area contributed by atoms with Crippen molar-refractivity contribution in [3.63, 3.8) is 0 Å². The van der Waals surface area contributed by atoms with E-state index in [1.807, 2.05) is 37.3 Å². The fourth-order valence-electron chi connectivity index (χ4n) is 1.50. The zero-order valence-corrected chi connectivity index (χ0v) is 8.00. The second-order valence-electron chi connectivity index (χ2n) is 3.30. The van der Waals surface area contributed by atoms with Gasteiger partial charge in [0.05, 0.1) is 5.70 Å². The first-order valence-corrected chi connectivity index (χ1v) is 4.47. The number of hydrogen-bond donors (Lipinski definition) is 1. The Morgan fingerprint density at radius 3 is 2.36 bits per heavy atom. The topological polar surface area (TPSA) is 29.1 Å². The monoisotopic (exact) mass is 185 g/mol. The minimum Gasteiger partial charge on any atom is -0.321 e. The Morgan fingerprint density at radius 1 is 1.21 bits per heavy atom. The largest absolute Gasteiger partial charge is 0.321 e. The van der Waals surface area contributed by atoms with Gasteiger partial charge in [-0.3, -0.25) is 4.79 Å². The maximum Gasteiger partial charge on any atom is 0.255 e. The van der Waals surface area contributed by atoms with Gasteiger partial charge in [-0.25, -0.2) is 0 Å². The van der Waals surface area contributed by atoms with Gasteiger partial charge in [0.25, 0.3) is 5.91 Å². The van der Waals surface area contributed by atoms with E-state index in [2.05, 4.69) is 11.9 Å². The van der Waals surface area contributed by atoms with Crippen LogP contribution >= 0.6 is 0 Å². The lowest BCUT2D eigenvalue weighted by Crippen LogP contribution is -2.15. The molecule has 0 bridgehead atoms. The van der Waals surface area contributed by atoms with E-state index in [-0.39, 0.29) is 5.91 Å². The molecule has 0 fully saturated rings. The van der Waals surface area contributed by atoms with Crippen LogP contribution in [0.15, 0.2) is 48.1 Å². The maximum atomic E-state index is 11.3. The van der Waals surface area contributed by atoms with Crippen LogP contribution in [0.3, 0.4) is 0 Å². The zero-order valence-electron chi connectivity index (χ0n) is 8.00. The van der Waals surface area contributed by atoms with Gasteiger partial charge >= 0.3 is 0 Å². The van der Waals surface area contributed by atoms with Crippen molar-refractivity contribution in [2.45, 2.75) is 6.92 Å². The fraction of sp³-hybridized carbons (Fsp3) is 0.0833. The van der Waals surface area contributed by atoms with Crippen LogP contribution in [0.25, 0.3) is 5.70 Å². The lowest BCUT2D eigenvalue weighted by Gasteiger charge is -2.02. The molecular formula is C12H11NO. The molecule has 0 radical (unpaired) electrons. The van der Waals surface area contributed by atoms with Gasteiger partial charge in [0.15, 0.2) is 0 Å². The van der Waals surface area contributed by atoms with Gasteiger partial charge in [-0.2, -0.15) is 0 Å². The van der Waals surface area contributed by atoms with E-state index in [0.717, 1.165) is 16.8 Å². The molecule has 1 aromatic carbocycles. The molecule has 1 aromatic rings. The molecule has 2 nitrogen and oxygen atoms in total. The van der Waals surface area contributed by atoms with Crippen molar-refractivity contribution in [2.75, 3.05) is 0 Å². The predicted octanol–water partition coefficient (Wildman–Crippen LogP) is 2.10. The summed E-state index contributed by atoms with van der Waals surface area (Å²) in [5, 5.41) is 2.81. The summed E-state index contributed by atoms with van der Waals surface area (Å²) in [4.78, 5) is 11.3. The number of amides is 1. The minimum absolute atomic E-state index is 0.0960. The molecule has 2 rings (SSSR count). The summed E-state index contributed by atoms with van der Waals surface area (Å²) in [6.45, 7) is 5.63. The minimum atomic E-state index is -0.0960. The molecule has 1 aliphatic rings. The number of benzene rings is 1. The standard InChI is InChI=1S/C12H11NO/c1-8-9(2)12(14)13-11(8)10-6-4-3-5-7-10/h3-7H,2H2,1H3,(H,13,14). The normalized spacial score (nSPS) is 16.1. The van der Waals surface area contributed by atoms with Crippen LogP contribution in [-0.4, -0.2) is 5.91 Å². The maximum absolute atomic E-state index is 11.3. The van der Waals surface area contributed by atoms with Crippen molar-refractivity contribution in [1.29, 1.82) is 0 Å². The summed E-state index contributed by atoms with van der Waals surface area (Å²) in [7, 11) is 0. The molecule has 0 spiro atoms. The van der Waals surface area contributed by atoms with Crippen molar-refractivity contribution in [3.05, 3.63) is 53.6 Å². The third-order valence-corrected chi connectivity index (χ3v) is 2.40. The number of rotatable bonds is 1. The third kappa shape index (κ3) is 1.25. The molecule has 14 heavy (non-hydrogen) atoms. The van der Waals surface area contributed by atoms with Gasteiger partial charge in [-0.15, -0.1) is 0 Å². The van der Waals surface area contributed by atoms with Gasteiger partial charge in [-0.1, -0.05) is 36.9 Å². The number of carbonyl (C=O) groups is 1. The summed E-state index contributed by atoms with van der Waals surface area (Å²) >= 11 is 0. The Bertz CT molecular complexity index is 429. The highest BCUT2D eigenvalue weighted by Crippen LogP contribution is 2.26. The highest BCUT2D eigenvalue weighted by atomic mass is 16.1.